The van der Waals surface area contributed by atoms with Crippen LogP contribution in [0.5, 0.6) is 0 Å². The van der Waals surface area contributed by atoms with Gasteiger partial charge in [0.05, 0.1) is 0 Å². The van der Waals surface area contributed by atoms with Crippen LogP contribution in [0.2, 0.25) is 5.28 Å². The van der Waals surface area contributed by atoms with Crippen molar-refractivity contribution in [3.63, 3.8) is 0 Å². The lowest BCUT2D eigenvalue weighted by Gasteiger charge is -2.08. The molecule has 8 heavy (non-hydrogen) atoms. The van der Waals surface area contributed by atoms with Crippen LogP contribution in [0.25, 0.3) is 0 Å². The molecular formula is C4ClFN2-2. The molecule has 0 radical (unpaired) electrons. The van der Waals surface area contributed by atoms with Gasteiger partial charge < -0.3 is 9.97 Å². The summed E-state index contributed by atoms with van der Waals surface area (Å²) in [5.74, 6) is -0.727. The van der Waals surface area contributed by atoms with Crippen LogP contribution in [-0.2, 0) is 0 Å². The van der Waals surface area contributed by atoms with E-state index in [9.17, 15) is 4.39 Å². The van der Waals surface area contributed by atoms with E-state index >= 15 is 0 Å². The lowest BCUT2D eigenvalue weighted by Crippen LogP contribution is -1.83. The van der Waals surface area contributed by atoms with Crippen molar-refractivity contribution >= 4 is 11.6 Å². The van der Waals surface area contributed by atoms with E-state index in [1.54, 1.807) is 0 Å². The van der Waals surface area contributed by atoms with Crippen molar-refractivity contribution < 1.29 is 4.39 Å². The predicted octanol–water partition coefficient (Wildman–Crippen LogP) is 0.869. The molecule has 0 spiro atoms. The zero-order valence-corrected chi connectivity index (χ0v) is 4.41. The zero-order valence-electron chi connectivity index (χ0n) is 3.65. The lowest BCUT2D eigenvalue weighted by molar-refractivity contribution is 0.607. The Morgan fingerprint density at radius 2 is 1.88 bits per heavy atom. The summed E-state index contributed by atoms with van der Waals surface area (Å²) < 4.78 is 11.8. The van der Waals surface area contributed by atoms with Crippen LogP contribution in [0.15, 0.2) is 0 Å². The van der Waals surface area contributed by atoms with Crippen LogP contribution in [-0.4, -0.2) is 9.97 Å². The normalized spacial score (nSPS) is 9.25. The van der Waals surface area contributed by atoms with Gasteiger partial charge in [0.1, 0.15) is 0 Å². The molecule has 2 nitrogen and oxygen atoms in total. The molecule has 0 fully saturated rings. The second kappa shape index (κ2) is 2.05. The minimum atomic E-state index is -0.727. The Bertz CT molecular complexity index is 153. The molecule has 0 aliphatic carbocycles. The van der Waals surface area contributed by atoms with Crippen LogP contribution >= 0.6 is 11.6 Å². The Morgan fingerprint density at radius 3 is 2.25 bits per heavy atom. The molecule has 1 aromatic heterocycles. The molecule has 0 aliphatic rings. The molecule has 0 saturated heterocycles. The van der Waals surface area contributed by atoms with Crippen LogP contribution in [0, 0.1) is 18.2 Å². The van der Waals surface area contributed by atoms with Gasteiger partial charge in [-0.1, -0.05) is 5.82 Å². The van der Waals surface area contributed by atoms with Gasteiger partial charge in [-0.2, -0.15) is 0 Å². The zero-order chi connectivity index (χ0) is 5.98. The summed E-state index contributed by atoms with van der Waals surface area (Å²) in [7, 11) is 0. The molecule has 0 aliphatic heterocycles. The Morgan fingerprint density at radius 1 is 1.38 bits per heavy atom. The number of nitrogens with zero attached hydrogens (tertiary/aromatic N) is 2. The second-order valence-corrected chi connectivity index (χ2v) is 1.37. The van der Waals surface area contributed by atoms with Gasteiger partial charge in [-0.25, -0.2) is 24.0 Å². The van der Waals surface area contributed by atoms with Crippen molar-refractivity contribution in [1.82, 2.24) is 9.97 Å². The molecule has 4 heteroatoms. The molecule has 0 bridgehead atoms. The summed E-state index contributed by atoms with van der Waals surface area (Å²) in [5.41, 5.74) is 0. The fraction of sp³-hybridized carbons (Fsp3) is 0. The molecule has 0 aromatic carbocycles. The van der Waals surface area contributed by atoms with Crippen molar-refractivity contribution in [2.45, 2.75) is 0 Å². The first-order chi connectivity index (χ1) is 3.79. The van der Waals surface area contributed by atoms with Crippen molar-refractivity contribution in [3.8, 4) is 0 Å². The fourth-order valence-corrected chi connectivity index (χ4v) is 0.325. The quantitative estimate of drug-likeness (QED) is 0.385. The van der Waals surface area contributed by atoms with E-state index in [1.165, 1.54) is 0 Å². The minimum Gasteiger partial charge on any atom is -0.494 e. The highest BCUT2D eigenvalue weighted by atomic mass is 35.5. The SMILES string of the molecule is Fc1[c-]nc(Cl)n[c-]1. The fourth-order valence-electron chi connectivity index (χ4n) is 0.240. The van der Waals surface area contributed by atoms with E-state index in [1.807, 2.05) is 12.4 Å². The van der Waals surface area contributed by atoms with Crippen molar-refractivity contribution in [2.75, 3.05) is 0 Å². The van der Waals surface area contributed by atoms with Gasteiger partial charge in [-0.15, -0.1) is 0 Å². The predicted molar refractivity (Wildman–Crippen MR) is 24.7 cm³/mol. The molecule has 1 aromatic rings. The maximum atomic E-state index is 11.8. The van der Waals surface area contributed by atoms with Crippen molar-refractivity contribution in [2.24, 2.45) is 0 Å². The largest absolute Gasteiger partial charge is 0.494 e. The Hall–Kier alpha value is -0.700. The Labute approximate surface area is 50.3 Å². The van der Waals surface area contributed by atoms with E-state index in [2.05, 4.69) is 9.97 Å². The van der Waals surface area contributed by atoms with Gasteiger partial charge in [-0.05, 0) is 5.28 Å². The number of aromatic nitrogens is 2. The molecule has 0 amide bonds. The van der Waals surface area contributed by atoms with Crippen LogP contribution in [0.3, 0.4) is 0 Å². The van der Waals surface area contributed by atoms with Crippen LogP contribution in [0.4, 0.5) is 4.39 Å². The third-order valence-corrected chi connectivity index (χ3v) is 0.662. The number of hydrogen-bond donors (Lipinski definition) is 0. The summed E-state index contributed by atoms with van der Waals surface area (Å²) in [6.07, 6.45) is 3.87. The van der Waals surface area contributed by atoms with E-state index in [0.717, 1.165) is 0 Å². The average Bonchev–Trinajstić information content (AvgIpc) is 1.77. The Balaban J connectivity index is 3.03. The third-order valence-electron chi connectivity index (χ3n) is 0.493. The Kier molecular flexibility index (Phi) is 1.39. The number of hydrogen-bond acceptors (Lipinski definition) is 2. The maximum Gasteiger partial charge on any atom is -0.0217 e. The number of halogens is 2. The lowest BCUT2D eigenvalue weighted by atomic mass is 10.7. The van der Waals surface area contributed by atoms with Crippen molar-refractivity contribution in [1.29, 1.82) is 0 Å². The average molecular weight is 131 g/mol. The van der Waals surface area contributed by atoms with Gasteiger partial charge in [0.15, 0.2) is 0 Å². The highest BCUT2D eigenvalue weighted by Gasteiger charge is 1.63. The summed E-state index contributed by atoms with van der Waals surface area (Å²) in [6.45, 7) is 0. The van der Waals surface area contributed by atoms with E-state index in [4.69, 9.17) is 11.6 Å². The second-order valence-electron chi connectivity index (χ2n) is 1.03. The highest BCUT2D eigenvalue weighted by molar-refractivity contribution is 6.28. The molecule has 0 saturated carbocycles. The maximum absolute atomic E-state index is 11.8. The summed E-state index contributed by atoms with van der Waals surface area (Å²) in [5, 5.41) is -0.0496. The standard InChI is InChI=1S/C4ClFN2/c5-4-7-1-3(6)2-8-4/q-2. The third kappa shape index (κ3) is 1.13. The van der Waals surface area contributed by atoms with Gasteiger partial charge in [0.2, 0.25) is 0 Å². The topological polar surface area (TPSA) is 25.8 Å². The van der Waals surface area contributed by atoms with Crippen molar-refractivity contribution in [3.05, 3.63) is 23.5 Å². The molecule has 42 valence electrons. The number of rotatable bonds is 0. The first kappa shape index (κ1) is 5.44. The summed E-state index contributed by atoms with van der Waals surface area (Å²) in [4.78, 5) is 6.40. The molecule has 0 unspecified atom stereocenters. The monoisotopic (exact) mass is 130 g/mol. The molecule has 1 rings (SSSR count). The van der Waals surface area contributed by atoms with E-state index < -0.39 is 5.82 Å². The summed E-state index contributed by atoms with van der Waals surface area (Å²) in [6, 6.07) is 0. The smallest absolute Gasteiger partial charge is 0.0217 e. The van der Waals surface area contributed by atoms with Gasteiger partial charge >= 0.3 is 0 Å². The minimum absolute atomic E-state index is 0.0496. The molecule has 0 atom stereocenters. The molecule has 0 N–H and O–H groups in total. The van der Waals surface area contributed by atoms with Gasteiger partial charge in [0, 0.05) is 0 Å². The first-order valence-corrected chi connectivity index (χ1v) is 2.15. The van der Waals surface area contributed by atoms with E-state index in [0.29, 0.717) is 0 Å². The first-order valence-electron chi connectivity index (χ1n) is 1.77. The van der Waals surface area contributed by atoms with Gasteiger partial charge in [0.25, 0.3) is 0 Å². The molecular weight excluding hydrogens is 131 g/mol. The van der Waals surface area contributed by atoms with Crippen LogP contribution in [0.1, 0.15) is 0 Å². The van der Waals surface area contributed by atoms with Crippen LogP contribution < -0.4 is 0 Å². The van der Waals surface area contributed by atoms with E-state index in [-0.39, 0.29) is 5.28 Å². The highest BCUT2D eigenvalue weighted by Crippen LogP contribution is 1.95. The van der Waals surface area contributed by atoms with Gasteiger partial charge in [-0.3, -0.25) is 4.39 Å². The molecule has 1 heterocycles. The summed E-state index contributed by atoms with van der Waals surface area (Å²) >= 11 is 5.16.